The van der Waals surface area contributed by atoms with Crippen LogP contribution in [-0.4, -0.2) is 32.3 Å². The molecule has 4 aromatic rings. The van der Waals surface area contributed by atoms with E-state index in [1.807, 2.05) is 85.0 Å². The number of halogens is 6. The second kappa shape index (κ2) is 13.8. The zero-order valence-corrected chi connectivity index (χ0v) is 32.3. The van der Waals surface area contributed by atoms with Crippen molar-refractivity contribution in [2.24, 2.45) is 5.41 Å². The van der Waals surface area contributed by atoms with E-state index >= 15 is 17.6 Å². The van der Waals surface area contributed by atoms with Crippen molar-refractivity contribution in [1.29, 1.82) is 0 Å². The molecule has 282 valence electrons. The topological polar surface area (TPSA) is 18.5 Å². The van der Waals surface area contributed by atoms with Crippen LogP contribution in [0.25, 0.3) is 22.3 Å². The lowest BCUT2D eigenvalue weighted by molar-refractivity contribution is -0.945. The number of ether oxygens (including phenoxy) is 2. The van der Waals surface area contributed by atoms with Gasteiger partial charge in [0.05, 0.1) is 32.4 Å². The smallest absolute Gasteiger partial charge is 0.219 e. The summed E-state index contributed by atoms with van der Waals surface area (Å²) in [6.45, 7) is 14.4. The normalized spacial score (nSPS) is 18.0. The van der Waals surface area contributed by atoms with Gasteiger partial charge in [0.2, 0.25) is 5.76 Å². The first-order valence-corrected chi connectivity index (χ1v) is 17.8. The zero-order valence-electron chi connectivity index (χ0n) is 32.3. The van der Waals surface area contributed by atoms with Gasteiger partial charge in [-0.3, -0.25) is 0 Å². The van der Waals surface area contributed by atoms with Crippen molar-refractivity contribution in [2.75, 3.05) is 27.8 Å². The first kappa shape index (κ1) is 38.9. The van der Waals surface area contributed by atoms with Gasteiger partial charge in [-0.1, -0.05) is 71.9 Å². The zero-order chi connectivity index (χ0) is 39.7. The number of rotatable bonds is 6. The Morgan fingerprint density at radius 3 is 1.72 bits per heavy atom. The largest absolute Gasteiger partial charge is 0.496 e. The first-order chi connectivity index (χ1) is 25.2. The molecule has 1 heterocycles. The van der Waals surface area contributed by atoms with E-state index in [1.165, 1.54) is 14.2 Å². The van der Waals surface area contributed by atoms with Crippen molar-refractivity contribution < 1.29 is 40.3 Å². The minimum Gasteiger partial charge on any atom is -0.496 e. The molecular formula is C45H45F6NO2+2. The molecule has 0 saturated carbocycles. The quantitative estimate of drug-likeness (QED) is 0.0847. The summed E-state index contributed by atoms with van der Waals surface area (Å²) in [7, 11) is 5.01. The molecule has 4 aromatic carbocycles. The number of benzene rings is 4. The highest BCUT2D eigenvalue weighted by molar-refractivity contribution is 6.00. The summed E-state index contributed by atoms with van der Waals surface area (Å²) in [4.78, 5) is 0. The van der Waals surface area contributed by atoms with Gasteiger partial charge in [0.25, 0.3) is 0 Å². The fraction of sp³-hybridized carbons (Fsp3) is 0.333. The molecule has 0 amide bonds. The van der Waals surface area contributed by atoms with Crippen LogP contribution in [0.5, 0.6) is 5.75 Å². The molecule has 1 aliphatic carbocycles. The van der Waals surface area contributed by atoms with Crippen LogP contribution in [-0.2, 0) is 16.7 Å². The molecule has 3 nitrogen and oxygen atoms in total. The van der Waals surface area contributed by atoms with Crippen LogP contribution in [0.1, 0.15) is 82.3 Å². The lowest BCUT2D eigenvalue weighted by Gasteiger charge is -2.39. The van der Waals surface area contributed by atoms with Crippen molar-refractivity contribution in [3.05, 3.63) is 146 Å². The number of quaternary nitrogens is 1. The van der Waals surface area contributed by atoms with Crippen LogP contribution >= 0.6 is 0 Å². The molecule has 0 saturated heterocycles. The minimum atomic E-state index is -1.59. The van der Waals surface area contributed by atoms with E-state index in [2.05, 4.69) is 13.0 Å². The van der Waals surface area contributed by atoms with E-state index in [4.69, 9.17) is 9.47 Å². The maximum Gasteiger partial charge on any atom is 0.219 e. The molecule has 0 spiro atoms. The average Bonchev–Trinajstić information content (AvgIpc) is 3.23. The molecule has 2 atom stereocenters. The average molecular weight is 746 g/mol. The maximum atomic E-state index is 15.2. The Labute approximate surface area is 313 Å². The van der Waals surface area contributed by atoms with Gasteiger partial charge in [0.15, 0.2) is 40.5 Å². The number of hydrogen-bond acceptors (Lipinski definition) is 2. The van der Waals surface area contributed by atoms with E-state index < -0.39 is 45.7 Å². The third-order valence-corrected chi connectivity index (χ3v) is 10.7. The Hall–Kier alpha value is -4.85. The monoisotopic (exact) mass is 745 g/mol. The molecule has 0 N–H and O–H groups in total. The van der Waals surface area contributed by atoms with Gasteiger partial charge >= 0.3 is 0 Å². The SMILES string of the molecule is COC1=C(C(C)(C)C)[C+]=C2C(=C1c1cc(F)c(F)c(F)c1)C[N@@+](C)(C(C)c1ccccc1)Cc1c2cc(C(C)(C)C)c(OC)c1-c1cc(F)c(F)c(F)c1. The first-order valence-electron chi connectivity index (χ1n) is 17.8. The summed E-state index contributed by atoms with van der Waals surface area (Å²) >= 11 is 0. The summed E-state index contributed by atoms with van der Waals surface area (Å²) in [6, 6.07) is 15.5. The lowest BCUT2D eigenvalue weighted by Crippen LogP contribution is -2.46. The lowest BCUT2D eigenvalue weighted by atomic mass is 9.73. The third-order valence-electron chi connectivity index (χ3n) is 10.7. The van der Waals surface area contributed by atoms with Crippen molar-refractivity contribution in [3.8, 4) is 16.9 Å². The van der Waals surface area contributed by atoms with Crippen LogP contribution in [0.2, 0.25) is 0 Å². The van der Waals surface area contributed by atoms with Crippen LogP contribution in [0, 0.1) is 46.4 Å². The van der Waals surface area contributed by atoms with E-state index in [0.717, 1.165) is 29.8 Å². The minimum absolute atomic E-state index is 0.0776. The van der Waals surface area contributed by atoms with Crippen LogP contribution in [0.3, 0.4) is 0 Å². The van der Waals surface area contributed by atoms with Gasteiger partial charge in [-0.15, -0.1) is 0 Å². The fourth-order valence-corrected chi connectivity index (χ4v) is 7.78. The van der Waals surface area contributed by atoms with Crippen molar-refractivity contribution in [3.63, 3.8) is 0 Å². The highest BCUT2D eigenvalue weighted by Gasteiger charge is 2.49. The molecule has 1 aliphatic heterocycles. The predicted molar refractivity (Wildman–Crippen MR) is 200 cm³/mol. The molecular weight excluding hydrogens is 700 g/mol. The molecule has 0 aromatic heterocycles. The van der Waals surface area contributed by atoms with Gasteiger partial charge in [0, 0.05) is 33.7 Å². The third kappa shape index (κ3) is 6.62. The molecule has 54 heavy (non-hydrogen) atoms. The second-order valence-electron chi connectivity index (χ2n) is 16.5. The Kier molecular flexibility index (Phi) is 9.91. The summed E-state index contributed by atoms with van der Waals surface area (Å²) in [5, 5.41) is 0. The molecule has 0 bridgehead atoms. The van der Waals surface area contributed by atoms with Crippen molar-refractivity contribution >= 4 is 11.1 Å². The number of methoxy groups -OCH3 is 2. The number of fused-ring (bicyclic) bond motifs is 3. The Morgan fingerprint density at radius 1 is 0.704 bits per heavy atom. The Balaban J connectivity index is 1.87. The van der Waals surface area contributed by atoms with Gasteiger partial charge < -0.3 is 14.0 Å². The van der Waals surface area contributed by atoms with Crippen LogP contribution < -0.4 is 4.74 Å². The molecule has 0 radical (unpaired) electrons. The van der Waals surface area contributed by atoms with Gasteiger partial charge in [0.1, 0.15) is 41.6 Å². The molecule has 0 fully saturated rings. The fourth-order valence-electron chi connectivity index (χ4n) is 7.78. The maximum absolute atomic E-state index is 15.2. The van der Waals surface area contributed by atoms with E-state index in [-0.39, 0.29) is 34.7 Å². The van der Waals surface area contributed by atoms with Crippen LogP contribution in [0.15, 0.2) is 77.6 Å². The predicted octanol–water partition coefficient (Wildman–Crippen LogP) is 11.8. The highest BCUT2D eigenvalue weighted by Crippen LogP contribution is 2.54. The second-order valence-corrected chi connectivity index (χ2v) is 16.5. The summed E-state index contributed by atoms with van der Waals surface area (Å²) in [5.41, 5.74) is 4.50. The van der Waals surface area contributed by atoms with E-state index in [9.17, 15) is 8.78 Å². The Morgan fingerprint density at radius 2 is 1.24 bits per heavy atom. The molecule has 1 unspecified atom stereocenters. The molecule has 9 heteroatoms. The summed E-state index contributed by atoms with van der Waals surface area (Å²) < 4.78 is 102. The van der Waals surface area contributed by atoms with Crippen molar-refractivity contribution in [1.82, 2.24) is 0 Å². The standard InChI is InChI=1S/C45H45F6NO2/c1-24(25-14-12-11-13-15-25)52(8)22-30-28(20-32(44(2,3)4)42(53-9)38(30)26-16-34(46)40(50)35(47)17-26)29-21-33(45(5,6)7)43(54-10)39(31(29)23-52)27-18-36(48)41(51)37(49)19-27/h11-20,24H,22-23H2,1-10H3/q+2/t24?,52-/m0/s1. The molecule has 2 aliphatic rings. The highest BCUT2D eigenvalue weighted by atomic mass is 19.2. The van der Waals surface area contributed by atoms with Crippen LogP contribution in [0.4, 0.5) is 26.3 Å². The molecule has 6 rings (SSSR count). The van der Waals surface area contributed by atoms with Gasteiger partial charge in [-0.2, -0.15) is 0 Å². The van der Waals surface area contributed by atoms with E-state index in [1.54, 1.807) is 0 Å². The summed E-state index contributed by atoms with van der Waals surface area (Å²) in [6.07, 6.45) is 3.67. The van der Waals surface area contributed by atoms with Gasteiger partial charge in [-0.05, 0) is 48.2 Å². The number of allylic oxidation sites excluding steroid dienone is 3. The van der Waals surface area contributed by atoms with E-state index in [0.29, 0.717) is 56.1 Å². The Bertz CT molecular complexity index is 2210. The summed E-state index contributed by atoms with van der Waals surface area (Å²) in [5.74, 6) is -7.85. The number of nitrogens with zero attached hydrogens (tertiary/aromatic N) is 1. The number of likely N-dealkylation sites (N-methyl/N-ethyl adjacent to an activating group) is 1. The van der Waals surface area contributed by atoms with Crippen molar-refractivity contribution in [2.45, 2.75) is 66.5 Å². The number of hydrogen-bond donors (Lipinski definition) is 0. The van der Waals surface area contributed by atoms with Gasteiger partial charge in [-0.25, -0.2) is 26.3 Å².